The molecule has 0 aliphatic heterocycles. The topological polar surface area (TPSA) is 79.7 Å². The second-order valence-corrected chi connectivity index (χ2v) is 4.15. The first kappa shape index (κ1) is 12.0. The number of hydrogen-bond acceptors (Lipinski definition) is 4. The second-order valence-electron chi connectivity index (χ2n) is 4.15. The Morgan fingerprint density at radius 3 is 2.89 bits per heavy atom. The molecular formula is C13H15N5. The number of nitrogens with one attached hydrogen (secondary N) is 1. The average Bonchev–Trinajstić information content (AvgIpc) is 2.69. The van der Waals surface area contributed by atoms with E-state index in [1.54, 1.807) is 12.1 Å². The fraction of sp³-hybridized carbons (Fsp3) is 0.231. The number of aryl methyl sites for hydroxylation is 1. The van der Waals surface area contributed by atoms with Crippen molar-refractivity contribution >= 4 is 11.4 Å². The zero-order valence-corrected chi connectivity index (χ0v) is 10.4. The van der Waals surface area contributed by atoms with Crippen molar-refractivity contribution in [2.45, 2.75) is 13.5 Å². The third kappa shape index (κ3) is 2.28. The first-order valence-electron chi connectivity index (χ1n) is 5.63. The van der Waals surface area contributed by atoms with Crippen LogP contribution in [0.25, 0.3) is 0 Å². The van der Waals surface area contributed by atoms with E-state index in [1.165, 1.54) is 0 Å². The summed E-state index contributed by atoms with van der Waals surface area (Å²) in [6.07, 6.45) is 1.84. The van der Waals surface area contributed by atoms with Crippen molar-refractivity contribution in [3.8, 4) is 6.07 Å². The van der Waals surface area contributed by atoms with Crippen LogP contribution in [0.1, 0.15) is 16.8 Å². The van der Waals surface area contributed by atoms with Gasteiger partial charge in [-0.1, -0.05) is 0 Å². The van der Waals surface area contributed by atoms with Gasteiger partial charge in [-0.2, -0.15) is 10.4 Å². The smallest absolute Gasteiger partial charge is 0.101 e. The lowest BCUT2D eigenvalue weighted by atomic mass is 10.1. The van der Waals surface area contributed by atoms with Gasteiger partial charge >= 0.3 is 0 Å². The van der Waals surface area contributed by atoms with Gasteiger partial charge in [-0.25, -0.2) is 0 Å². The van der Waals surface area contributed by atoms with Crippen molar-refractivity contribution in [1.82, 2.24) is 9.78 Å². The van der Waals surface area contributed by atoms with Gasteiger partial charge in [-0.15, -0.1) is 0 Å². The van der Waals surface area contributed by atoms with E-state index in [1.807, 2.05) is 30.9 Å². The summed E-state index contributed by atoms with van der Waals surface area (Å²) >= 11 is 0. The Bertz CT molecular complexity index is 606. The molecular weight excluding hydrogens is 226 g/mol. The molecule has 2 rings (SSSR count). The van der Waals surface area contributed by atoms with Gasteiger partial charge in [-0.05, 0) is 25.1 Å². The van der Waals surface area contributed by atoms with E-state index in [-0.39, 0.29) is 0 Å². The molecule has 92 valence electrons. The minimum absolute atomic E-state index is 0.489. The third-order valence-corrected chi connectivity index (χ3v) is 2.99. The van der Waals surface area contributed by atoms with E-state index < -0.39 is 0 Å². The first-order chi connectivity index (χ1) is 8.61. The standard InChI is InChI=1S/C13H15N5/c1-9-11(8-17-18(9)2)7-16-12-3-4-13(15)10(5-12)6-14/h3-5,8,16H,7,15H2,1-2H3. The normalized spacial score (nSPS) is 10.1. The largest absolute Gasteiger partial charge is 0.398 e. The summed E-state index contributed by atoms with van der Waals surface area (Å²) in [5.41, 5.74) is 9.79. The number of nitriles is 1. The number of rotatable bonds is 3. The second kappa shape index (κ2) is 4.80. The highest BCUT2D eigenvalue weighted by molar-refractivity contribution is 5.61. The van der Waals surface area contributed by atoms with Gasteiger partial charge in [0.15, 0.2) is 0 Å². The summed E-state index contributed by atoms with van der Waals surface area (Å²) in [7, 11) is 1.91. The summed E-state index contributed by atoms with van der Waals surface area (Å²) in [6, 6.07) is 7.41. The van der Waals surface area contributed by atoms with Crippen LogP contribution in [-0.2, 0) is 13.6 Å². The van der Waals surface area contributed by atoms with Gasteiger partial charge < -0.3 is 11.1 Å². The predicted molar refractivity (Wildman–Crippen MR) is 70.8 cm³/mol. The fourth-order valence-corrected chi connectivity index (χ4v) is 1.68. The van der Waals surface area contributed by atoms with Crippen molar-refractivity contribution < 1.29 is 0 Å². The number of nitrogens with two attached hydrogens (primary N) is 1. The molecule has 0 atom stereocenters. The zero-order valence-electron chi connectivity index (χ0n) is 10.4. The van der Waals surface area contributed by atoms with Crippen molar-refractivity contribution in [2.75, 3.05) is 11.1 Å². The van der Waals surface area contributed by atoms with Crippen LogP contribution in [0.15, 0.2) is 24.4 Å². The minimum Gasteiger partial charge on any atom is -0.398 e. The molecule has 18 heavy (non-hydrogen) atoms. The van der Waals surface area contributed by atoms with Crippen LogP contribution < -0.4 is 11.1 Å². The molecule has 3 N–H and O–H groups in total. The van der Waals surface area contributed by atoms with Crippen molar-refractivity contribution in [3.05, 3.63) is 41.2 Å². The van der Waals surface area contributed by atoms with Gasteiger partial charge in [0, 0.05) is 36.2 Å². The number of anilines is 2. The molecule has 0 saturated heterocycles. The van der Waals surface area contributed by atoms with E-state index in [4.69, 9.17) is 11.0 Å². The Kier molecular flexibility index (Phi) is 3.20. The van der Waals surface area contributed by atoms with E-state index in [0.717, 1.165) is 16.9 Å². The maximum atomic E-state index is 8.90. The Hall–Kier alpha value is -2.48. The summed E-state index contributed by atoms with van der Waals surface area (Å²) < 4.78 is 1.83. The number of nitrogens with zero attached hydrogens (tertiary/aromatic N) is 3. The first-order valence-corrected chi connectivity index (χ1v) is 5.63. The highest BCUT2D eigenvalue weighted by atomic mass is 15.3. The molecule has 0 fully saturated rings. The van der Waals surface area contributed by atoms with Crippen LogP contribution in [0.5, 0.6) is 0 Å². The highest BCUT2D eigenvalue weighted by Crippen LogP contribution is 2.18. The molecule has 1 aromatic heterocycles. The molecule has 1 aromatic carbocycles. The molecule has 0 spiro atoms. The number of benzene rings is 1. The maximum absolute atomic E-state index is 8.90. The molecule has 5 heteroatoms. The Morgan fingerprint density at radius 2 is 2.28 bits per heavy atom. The summed E-state index contributed by atoms with van der Waals surface area (Å²) in [5.74, 6) is 0. The fourth-order valence-electron chi connectivity index (χ4n) is 1.68. The minimum atomic E-state index is 0.489. The van der Waals surface area contributed by atoms with E-state index in [9.17, 15) is 0 Å². The molecule has 5 nitrogen and oxygen atoms in total. The Labute approximate surface area is 106 Å². The van der Waals surface area contributed by atoms with E-state index >= 15 is 0 Å². The predicted octanol–water partition coefficient (Wildman–Crippen LogP) is 1.79. The molecule has 0 radical (unpaired) electrons. The lowest BCUT2D eigenvalue weighted by Crippen LogP contribution is -2.02. The van der Waals surface area contributed by atoms with Crippen LogP contribution in [0.3, 0.4) is 0 Å². The Balaban J connectivity index is 2.11. The number of hydrogen-bond donors (Lipinski definition) is 2. The van der Waals surface area contributed by atoms with Crippen molar-refractivity contribution in [1.29, 1.82) is 5.26 Å². The van der Waals surface area contributed by atoms with Crippen LogP contribution in [-0.4, -0.2) is 9.78 Å². The molecule has 0 unspecified atom stereocenters. The highest BCUT2D eigenvalue weighted by Gasteiger charge is 2.04. The van der Waals surface area contributed by atoms with Gasteiger partial charge in [0.1, 0.15) is 6.07 Å². The molecule has 0 bridgehead atoms. The average molecular weight is 241 g/mol. The third-order valence-electron chi connectivity index (χ3n) is 2.99. The summed E-state index contributed by atoms with van der Waals surface area (Å²) in [5, 5.41) is 16.3. The molecule has 0 aliphatic rings. The molecule has 1 heterocycles. The van der Waals surface area contributed by atoms with Crippen LogP contribution in [0, 0.1) is 18.3 Å². The van der Waals surface area contributed by atoms with Crippen LogP contribution in [0.4, 0.5) is 11.4 Å². The van der Waals surface area contributed by atoms with Crippen LogP contribution in [0.2, 0.25) is 0 Å². The summed E-state index contributed by atoms with van der Waals surface area (Å²) in [4.78, 5) is 0. The van der Waals surface area contributed by atoms with E-state index in [2.05, 4.69) is 16.5 Å². The van der Waals surface area contributed by atoms with Gasteiger partial charge in [0.2, 0.25) is 0 Å². The monoisotopic (exact) mass is 241 g/mol. The van der Waals surface area contributed by atoms with E-state index in [0.29, 0.717) is 17.8 Å². The maximum Gasteiger partial charge on any atom is 0.101 e. The van der Waals surface area contributed by atoms with Crippen LogP contribution >= 0.6 is 0 Å². The lowest BCUT2D eigenvalue weighted by Gasteiger charge is -2.07. The van der Waals surface area contributed by atoms with Crippen molar-refractivity contribution in [3.63, 3.8) is 0 Å². The molecule has 2 aromatic rings. The molecule has 0 saturated carbocycles. The van der Waals surface area contributed by atoms with Gasteiger partial charge in [-0.3, -0.25) is 4.68 Å². The Morgan fingerprint density at radius 1 is 1.50 bits per heavy atom. The number of nitrogen functional groups attached to an aromatic ring is 1. The molecule has 0 aliphatic carbocycles. The van der Waals surface area contributed by atoms with Gasteiger partial charge in [0.25, 0.3) is 0 Å². The molecule has 0 amide bonds. The summed E-state index contributed by atoms with van der Waals surface area (Å²) in [6.45, 7) is 2.70. The van der Waals surface area contributed by atoms with Crippen molar-refractivity contribution in [2.24, 2.45) is 7.05 Å². The number of aromatic nitrogens is 2. The quantitative estimate of drug-likeness (QED) is 0.803. The van der Waals surface area contributed by atoms with Gasteiger partial charge in [0.05, 0.1) is 11.8 Å². The lowest BCUT2D eigenvalue weighted by molar-refractivity contribution is 0.738. The zero-order chi connectivity index (χ0) is 13.1. The SMILES string of the molecule is Cc1c(CNc2ccc(N)c(C#N)c2)cnn1C.